The second kappa shape index (κ2) is 3.78. The Labute approximate surface area is 83.4 Å². The van der Waals surface area contributed by atoms with Gasteiger partial charge < -0.3 is 4.74 Å². The molecule has 2 unspecified atom stereocenters. The Morgan fingerprint density at radius 3 is 2.43 bits per heavy atom. The molecule has 0 radical (unpaired) electrons. The van der Waals surface area contributed by atoms with E-state index in [1.165, 1.54) is 13.8 Å². The number of ether oxygens (including phenoxy) is 1. The van der Waals surface area contributed by atoms with E-state index in [9.17, 15) is 9.59 Å². The van der Waals surface area contributed by atoms with E-state index in [2.05, 4.69) is 0 Å². The van der Waals surface area contributed by atoms with Crippen LogP contribution in [0.4, 0.5) is 0 Å². The molecule has 1 rings (SSSR count). The molecule has 3 nitrogen and oxygen atoms in total. The predicted octanol–water partition coefficient (Wildman–Crippen LogP) is 1.64. The molecule has 0 amide bonds. The lowest BCUT2D eigenvalue weighted by molar-refractivity contribution is -0.150. The Morgan fingerprint density at radius 2 is 1.93 bits per heavy atom. The molecule has 0 aromatic carbocycles. The fourth-order valence-electron chi connectivity index (χ4n) is 1.37. The largest absolute Gasteiger partial charge is 0.457 e. The van der Waals surface area contributed by atoms with Crippen LogP contribution in [0.25, 0.3) is 0 Å². The van der Waals surface area contributed by atoms with Crippen LogP contribution < -0.4 is 0 Å². The van der Waals surface area contributed by atoms with Gasteiger partial charge in [-0.1, -0.05) is 18.2 Å². The van der Waals surface area contributed by atoms with E-state index in [-0.39, 0.29) is 11.8 Å². The third-order valence-electron chi connectivity index (χ3n) is 2.48. The van der Waals surface area contributed by atoms with Gasteiger partial charge in [-0.15, -0.1) is 0 Å². The molecule has 0 saturated carbocycles. The van der Waals surface area contributed by atoms with Crippen molar-refractivity contribution in [3.05, 3.63) is 24.3 Å². The lowest BCUT2D eigenvalue weighted by Crippen LogP contribution is -2.39. The van der Waals surface area contributed by atoms with Crippen LogP contribution in [0, 0.1) is 5.41 Å². The van der Waals surface area contributed by atoms with Gasteiger partial charge in [0, 0.05) is 6.92 Å². The van der Waals surface area contributed by atoms with E-state index in [4.69, 9.17) is 4.74 Å². The van der Waals surface area contributed by atoms with Gasteiger partial charge in [0.05, 0.1) is 5.41 Å². The highest BCUT2D eigenvalue weighted by molar-refractivity contribution is 5.86. The molecule has 0 N–H and O–H groups in total. The van der Waals surface area contributed by atoms with Crippen LogP contribution in [0.5, 0.6) is 0 Å². The van der Waals surface area contributed by atoms with Gasteiger partial charge in [0.1, 0.15) is 11.9 Å². The highest BCUT2D eigenvalue weighted by Gasteiger charge is 2.38. The lowest BCUT2D eigenvalue weighted by atomic mass is 9.78. The van der Waals surface area contributed by atoms with E-state index in [1.807, 2.05) is 0 Å². The number of Topliss-reactive ketones (excluding diaryl/α,β-unsaturated/α-hetero) is 1. The minimum atomic E-state index is -0.722. The summed E-state index contributed by atoms with van der Waals surface area (Å²) in [5.41, 5.74) is -0.722. The number of allylic oxidation sites excluding steroid dienone is 2. The molecule has 14 heavy (non-hydrogen) atoms. The number of hydrogen-bond acceptors (Lipinski definition) is 3. The topological polar surface area (TPSA) is 43.4 Å². The van der Waals surface area contributed by atoms with Crippen LogP contribution in [0.3, 0.4) is 0 Å². The summed E-state index contributed by atoms with van der Waals surface area (Å²) >= 11 is 0. The van der Waals surface area contributed by atoms with Crippen molar-refractivity contribution in [1.82, 2.24) is 0 Å². The van der Waals surface area contributed by atoms with E-state index in [0.29, 0.717) is 0 Å². The molecule has 0 bridgehead atoms. The van der Waals surface area contributed by atoms with Gasteiger partial charge in [0.2, 0.25) is 0 Å². The van der Waals surface area contributed by atoms with Crippen molar-refractivity contribution in [2.45, 2.75) is 26.9 Å². The van der Waals surface area contributed by atoms with Crippen molar-refractivity contribution in [3.8, 4) is 0 Å². The maximum absolute atomic E-state index is 11.4. The van der Waals surface area contributed by atoms with E-state index in [0.717, 1.165) is 0 Å². The molecule has 0 spiro atoms. The molecule has 0 saturated heterocycles. The van der Waals surface area contributed by atoms with E-state index in [1.54, 1.807) is 31.2 Å². The van der Waals surface area contributed by atoms with Crippen LogP contribution in [0.1, 0.15) is 20.8 Å². The number of hydrogen-bond donors (Lipinski definition) is 0. The minimum absolute atomic E-state index is 0.00986. The highest BCUT2D eigenvalue weighted by Crippen LogP contribution is 2.31. The maximum atomic E-state index is 11.4. The first-order valence-corrected chi connectivity index (χ1v) is 4.51. The first kappa shape index (κ1) is 10.7. The lowest BCUT2D eigenvalue weighted by Gasteiger charge is -2.31. The SMILES string of the molecule is CC(=O)OC1C=CC=CC1(C)C(C)=O. The molecule has 0 fully saturated rings. The quantitative estimate of drug-likeness (QED) is 0.627. The van der Waals surface area contributed by atoms with Crippen LogP contribution in [0.15, 0.2) is 24.3 Å². The van der Waals surface area contributed by atoms with Crippen molar-refractivity contribution < 1.29 is 14.3 Å². The Hall–Kier alpha value is -1.38. The first-order chi connectivity index (χ1) is 6.47. The molecule has 0 heterocycles. The summed E-state index contributed by atoms with van der Waals surface area (Å²) < 4.78 is 5.07. The van der Waals surface area contributed by atoms with E-state index >= 15 is 0 Å². The van der Waals surface area contributed by atoms with Gasteiger partial charge in [-0.05, 0) is 19.9 Å². The summed E-state index contributed by atoms with van der Waals surface area (Å²) in [7, 11) is 0. The third kappa shape index (κ3) is 1.92. The molecule has 1 aliphatic rings. The summed E-state index contributed by atoms with van der Waals surface area (Å²) in [6.07, 6.45) is 6.58. The maximum Gasteiger partial charge on any atom is 0.303 e. The summed E-state index contributed by atoms with van der Waals surface area (Å²) in [5, 5.41) is 0. The first-order valence-electron chi connectivity index (χ1n) is 4.51. The Morgan fingerprint density at radius 1 is 1.29 bits per heavy atom. The predicted molar refractivity (Wildman–Crippen MR) is 52.6 cm³/mol. The Balaban J connectivity index is 2.92. The molecule has 0 aromatic rings. The van der Waals surface area contributed by atoms with Gasteiger partial charge in [-0.2, -0.15) is 0 Å². The zero-order valence-electron chi connectivity index (χ0n) is 8.61. The zero-order valence-corrected chi connectivity index (χ0v) is 8.61. The van der Waals surface area contributed by atoms with Gasteiger partial charge in [-0.3, -0.25) is 9.59 Å². The summed E-state index contributed by atoms with van der Waals surface area (Å²) in [4.78, 5) is 22.3. The highest BCUT2D eigenvalue weighted by atomic mass is 16.5. The van der Waals surface area contributed by atoms with Crippen molar-refractivity contribution >= 4 is 11.8 Å². The fraction of sp³-hybridized carbons (Fsp3) is 0.455. The van der Waals surface area contributed by atoms with Crippen LogP contribution in [-0.2, 0) is 14.3 Å². The number of rotatable bonds is 2. The number of carbonyl (C=O) groups excluding carboxylic acids is 2. The third-order valence-corrected chi connectivity index (χ3v) is 2.48. The molecule has 2 atom stereocenters. The van der Waals surface area contributed by atoms with Crippen molar-refractivity contribution in [2.24, 2.45) is 5.41 Å². The molecule has 1 aliphatic carbocycles. The minimum Gasteiger partial charge on any atom is -0.457 e. The summed E-state index contributed by atoms with van der Waals surface area (Å²) in [6.45, 7) is 4.61. The monoisotopic (exact) mass is 194 g/mol. The van der Waals surface area contributed by atoms with Crippen molar-refractivity contribution in [3.63, 3.8) is 0 Å². The van der Waals surface area contributed by atoms with Gasteiger partial charge in [0.25, 0.3) is 0 Å². The van der Waals surface area contributed by atoms with E-state index < -0.39 is 11.5 Å². The molecular formula is C11H14O3. The standard InChI is InChI=1S/C11H14O3/c1-8(12)11(3)7-5-4-6-10(11)14-9(2)13/h4-7,10H,1-3H3. The van der Waals surface area contributed by atoms with Gasteiger partial charge in [0.15, 0.2) is 0 Å². The van der Waals surface area contributed by atoms with Gasteiger partial charge in [-0.25, -0.2) is 0 Å². The van der Waals surface area contributed by atoms with Gasteiger partial charge >= 0.3 is 5.97 Å². The second-order valence-corrected chi connectivity index (χ2v) is 3.61. The summed E-state index contributed by atoms with van der Waals surface area (Å²) in [5.74, 6) is -0.383. The second-order valence-electron chi connectivity index (χ2n) is 3.61. The average molecular weight is 194 g/mol. The number of carbonyl (C=O) groups is 2. The fourth-order valence-corrected chi connectivity index (χ4v) is 1.37. The van der Waals surface area contributed by atoms with Crippen LogP contribution >= 0.6 is 0 Å². The molecule has 76 valence electrons. The van der Waals surface area contributed by atoms with Crippen LogP contribution in [-0.4, -0.2) is 17.9 Å². The normalized spacial score (nSPS) is 30.1. The molecular weight excluding hydrogens is 180 g/mol. The Bertz CT molecular complexity index is 314. The van der Waals surface area contributed by atoms with Crippen molar-refractivity contribution in [1.29, 1.82) is 0 Å². The smallest absolute Gasteiger partial charge is 0.303 e. The summed E-state index contributed by atoms with van der Waals surface area (Å²) in [6, 6.07) is 0. The average Bonchev–Trinajstić information content (AvgIpc) is 2.08. The number of esters is 1. The zero-order chi connectivity index (χ0) is 10.8. The molecule has 0 aromatic heterocycles. The molecule has 3 heteroatoms. The van der Waals surface area contributed by atoms with Crippen molar-refractivity contribution in [2.75, 3.05) is 0 Å². The number of ketones is 1. The van der Waals surface area contributed by atoms with Crippen LogP contribution in [0.2, 0.25) is 0 Å². The molecule has 0 aliphatic heterocycles. The Kier molecular flexibility index (Phi) is 2.89.